The third-order valence-corrected chi connectivity index (χ3v) is 4.45. The smallest absolute Gasteiger partial charge is 0.238 e. The third kappa shape index (κ3) is 4.55. The average molecular weight is 290 g/mol. The van der Waals surface area contributed by atoms with Gasteiger partial charge in [-0.3, -0.25) is 4.79 Å². The van der Waals surface area contributed by atoms with Crippen LogP contribution < -0.4 is 10.6 Å². The number of aryl methyl sites for hydroxylation is 1. The lowest BCUT2D eigenvalue weighted by molar-refractivity contribution is -0.115. The molecule has 0 bridgehead atoms. The van der Waals surface area contributed by atoms with E-state index < -0.39 is 0 Å². The number of amides is 1. The minimum atomic E-state index is -0.0341. The van der Waals surface area contributed by atoms with Gasteiger partial charge in [-0.15, -0.1) is 0 Å². The van der Waals surface area contributed by atoms with Gasteiger partial charge >= 0.3 is 0 Å². The Hall–Kier alpha value is -1.39. The molecule has 4 nitrogen and oxygen atoms in total. The summed E-state index contributed by atoms with van der Waals surface area (Å²) in [5.41, 5.74) is 1.89. The van der Waals surface area contributed by atoms with Crippen molar-refractivity contribution < 1.29 is 9.90 Å². The SMILES string of the molecule is Cc1ccccc1NC(=O)CNCC1(CO)CCCCC1. The molecule has 0 atom stereocenters. The second-order valence-electron chi connectivity index (χ2n) is 6.19. The van der Waals surface area contributed by atoms with Crippen LogP contribution in [0.3, 0.4) is 0 Å². The number of para-hydroxylation sites is 1. The zero-order valence-corrected chi connectivity index (χ0v) is 12.8. The molecule has 0 spiro atoms. The number of aliphatic hydroxyl groups is 1. The number of nitrogens with one attached hydrogen (secondary N) is 2. The molecule has 116 valence electrons. The van der Waals surface area contributed by atoms with Gasteiger partial charge in [0.05, 0.1) is 6.54 Å². The summed E-state index contributed by atoms with van der Waals surface area (Å²) in [4.78, 5) is 12.0. The molecule has 0 aromatic heterocycles. The van der Waals surface area contributed by atoms with Crippen LogP contribution in [-0.4, -0.2) is 30.7 Å². The number of carbonyl (C=O) groups excluding carboxylic acids is 1. The molecule has 1 aromatic rings. The summed E-state index contributed by atoms with van der Waals surface area (Å²) in [7, 11) is 0. The van der Waals surface area contributed by atoms with Gasteiger partial charge in [-0.1, -0.05) is 37.5 Å². The highest BCUT2D eigenvalue weighted by Gasteiger charge is 2.30. The predicted octanol–water partition coefficient (Wildman–Crippen LogP) is 2.47. The summed E-state index contributed by atoms with van der Waals surface area (Å²) in [5.74, 6) is -0.0341. The van der Waals surface area contributed by atoms with E-state index in [-0.39, 0.29) is 24.5 Å². The van der Waals surface area contributed by atoms with Gasteiger partial charge in [-0.2, -0.15) is 0 Å². The minimum Gasteiger partial charge on any atom is -0.396 e. The van der Waals surface area contributed by atoms with E-state index in [0.29, 0.717) is 6.54 Å². The number of hydrogen-bond donors (Lipinski definition) is 3. The van der Waals surface area contributed by atoms with Crippen LogP contribution in [0.25, 0.3) is 0 Å². The first-order valence-electron chi connectivity index (χ1n) is 7.82. The predicted molar refractivity (Wildman–Crippen MR) is 85.3 cm³/mol. The lowest BCUT2D eigenvalue weighted by Gasteiger charge is -2.35. The lowest BCUT2D eigenvalue weighted by Crippen LogP contribution is -2.41. The first-order chi connectivity index (χ1) is 10.2. The van der Waals surface area contributed by atoms with Crippen molar-refractivity contribution in [2.75, 3.05) is 25.0 Å². The first kappa shape index (κ1) is 16.0. The molecule has 0 aliphatic heterocycles. The largest absolute Gasteiger partial charge is 0.396 e. The highest BCUT2D eigenvalue weighted by atomic mass is 16.3. The summed E-state index contributed by atoms with van der Waals surface area (Å²) >= 11 is 0. The minimum absolute atomic E-state index is 0.0266. The van der Waals surface area contributed by atoms with Crippen molar-refractivity contribution in [2.24, 2.45) is 5.41 Å². The Balaban J connectivity index is 1.77. The number of benzene rings is 1. The van der Waals surface area contributed by atoms with Crippen molar-refractivity contribution in [2.45, 2.75) is 39.0 Å². The molecule has 2 rings (SSSR count). The van der Waals surface area contributed by atoms with Gasteiger partial charge < -0.3 is 15.7 Å². The molecule has 0 radical (unpaired) electrons. The summed E-state index contributed by atoms with van der Waals surface area (Å²) in [6.45, 7) is 3.19. The van der Waals surface area contributed by atoms with Crippen LogP contribution in [0, 0.1) is 12.3 Å². The molecule has 0 unspecified atom stereocenters. The van der Waals surface area contributed by atoms with Gasteiger partial charge in [0.1, 0.15) is 0 Å². The van der Waals surface area contributed by atoms with E-state index in [2.05, 4.69) is 10.6 Å². The molecule has 3 N–H and O–H groups in total. The molecule has 0 saturated heterocycles. The molecule has 1 aliphatic carbocycles. The van der Waals surface area contributed by atoms with E-state index in [1.54, 1.807) is 0 Å². The van der Waals surface area contributed by atoms with Crippen molar-refractivity contribution >= 4 is 11.6 Å². The van der Waals surface area contributed by atoms with E-state index in [1.807, 2.05) is 31.2 Å². The summed E-state index contributed by atoms with van der Waals surface area (Å²) in [5, 5.41) is 15.8. The van der Waals surface area contributed by atoms with E-state index >= 15 is 0 Å². The fraction of sp³-hybridized carbons (Fsp3) is 0.588. The zero-order chi connectivity index (χ0) is 15.1. The summed E-state index contributed by atoms with van der Waals surface area (Å²) in [6.07, 6.45) is 5.72. The van der Waals surface area contributed by atoms with Crippen LogP contribution in [0.5, 0.6) is 0 Å². The van der Waals surface area contributed by atoms with Gasteiger partial charge in [0.15, 0.2) is 0 Å². The van der Waals surface area contributed by atoms with Crippen LogP contribution in [0.15, 0.2) is 24.3 Å². The number of aliphatic hydroxyl groups excluding tert-OH is 1. The van der Waals surface area contributed by atoms with Crippen LogP contribution >= 0.6 is 0 Å². The highest BCUT2D eigenvalue weighted by Crippen LogP contribution is 2.35. The number of rotatable bonds is 6. The Kier molecular flexibility index (Phi) is 5.76. The highest BCUT2D eigenvalue weighted by molar-refractivity contribution is 5.92. The summed E-state index contributed by atoms with van der Waals surface area (Å²) < 4.78 is 0. The van der Waals surface area contributed by atoms with Gasteiger partial charge in [-0.05, 0) is 31.4 Å². The van der Waals surface area contributed by atoms with Crippen LogP contribution in [0.1, 0.15) is 37.7 Å². The maximum atomic E-state index is 12.0. The quantitative estimate of drug-likeness (QED) is 0.754. The van der Waals surface area contributed by atoms with Crippen LogP contribution in [-0.2, 0) is 4.79 Å². The van der Waals surface area contributed by atoms with Crippen molar-refractivity contribution in [3.8, 4) is 0 Å². The fourth-order valence-electron chi connectivity index (χ4n) is 3.04. The number of carbonyl (C=O) groups is 1. The van der Waals surface area contributed by atoms with Crippen molar-refractivity contribution in [1.29, 1.82) is 0 Å². The zero-order valence-electron chi connectivity index (χ0n) is 12.8. The van der Waals surface area contributed by atoms with Crippen LogP contribution in [0.4, 0.5) is 5.69 Å². The summed E-state index contributed by atoms with van der Waals surface area (Å²) in [6, 6.07) is 7.76. The normalized spacial score (nSPS) is 17.4. The van der Waals surface area contributed by atoms with E-state index in [0.717, 1.165) is 24.1 Å². The van der Waals surface area contributed by atoms with Crippen molar-refractivity contribution in [1.82, 2.24) is 5.32 Å². The van der Waals surface area contributed by atoms with Gasteiger partial charge in [-0.25, -0.2) is 0 Å². The number of anilines is 1. The molecule has 4 heteroatoms. The van der Waals surface area contributed by atoms with E-state index in [1.165, 1.54) is 19.3 Å². The molecular weight excluding hydrogens is 264 g/mol. The maximum Gasteiger partial charge on any atom is 0.238 e. The molecule has 0 heterocycles. The lowest BCUT2D eigenvalue weighted by atomic mass is 9.74. The Morgan fingerprint density at radius 2 is 1.95 bits per heavy atom. The fourth-order valence-corrected chi connectivity index (χ4v) is 3.04. The first-order valence-corrected chi connectivity index (χ1v) is 7.82. The van der Waals surface area contributed by atoms with Crippen molar-refractivity contribution in [3.63, 3.8) is 0 Å². The topological polar surface area (TPSA) is 61.4 Å². The third-order valence-electron chi connectivity index (χ3n) is 4.45. The Bertz CT molecular complexity index is 468. The van der Waals surface area contributed by atoms with Crippen molar-refractivity contribution in [3.05, 3.63) is 29.8 Å². The molecule has 1 fully saturated rings. The standard InChI is InChI=1S/C17H26N2O2/c1-14-7-3-4-8-15(14)19-16(21)11-18-12-17(13-20)9-5-2-6-10-17/h3-4,7-8,18,20H,2,5-6,9-13H2,1H3,(H,19,21). The molecular formula is C17H26N2O2. The second-order valence-corrected chi connectivity index (χ2v) is 6.19. The molecule has 1 saturated carbocycles. The Labute approximate surface area is 126 Å². The molecule has 21 heavy (non-hydrogen) atoms. The van der Waals surface area contributed by atoms with Gasteiger partial charge in [0.2, 0.25) is 5.91 Å². The monoisotopic (exact) mass is 290 g/mol. The maximum absolute atomic E-state index is 12.0. The van der Waals surface area contributed by atoms with E-state index in [4.69, 9.17) is 0 Å². The second kappa shape index (κ2) is 7.57. The van der Waals surface area contributed by atoms with Crippen LogP contribution in [0.2, 0.25) is 0 Å². The van der Waals surface area contributed by atoms with E-state index in [9.17, 15) is 9.90 Å². The average Bonchev–Trinajstić information content (AvgIpc) is 2.50. The molecule has 1 aliphatic rings. The Morgan fingerprint density at radius 3 is 2.62 bits per heavy atom. The molecule has 1 amide bonds. The molecule has 1 aromatic carbocycles. The number of hydrogen-bond acceptors (Lipinski definition) is 3. The Morgan fingerprint density at radius 1 is 1.24 bits per heavy atom. The van der Waals surface area contributed by atoms with Gasteiger partial charge in [0, 0.05) is 24.3 Å². The van der Waals surface area contributed by atoms with Gasteiger partial charge in [0.25, 0.3) is 0 Å².